The van der Waals surface area contributed by atoms with Gasteiger partial charge in [0, 0.05) is 6.07 Å². The fourth-order valence-electron chi connectivity index (χ4n) is 3.79. The molecule has 2 aromatic rings. The van der Waals surface area contributed by atoms with Crippen molar-refractivity contribution in [1.82, 2.24) is 0 Å². The van der Waals surface area contributed by atoms with Crippen molar-refractivity contribution in [3.63, 3.8) is 0 Å². The van der Waals surface area contributed by atoms with Crippen molar-refractivity contribution in [3.05, 3.63) is 48.0 Å². The van der Waals surface area contributed by atoms with E-state index in [0.29, 0.717) is 12.2 Å². The van der Waals surface area contributed by atoms with Crippen LogP contribution < -0.4 is 4.74 Å². The zero-order valence-electron chi connectivity index (χ0n) is 19.1. The Hall–Kier alpha value is -1.94. The molecule has 0 aliphatic heterocycles. The highest BCUT2D eigenvalue weighted by Gasteiger charge is 2.28. The third-order valence-corrected chi connectivity index (χ3v) is 7.42. The van der Waals surface area contributed by atoms with Crippen LogP contribution in [0, 0.1) is 0 Å². The molecule has 0 heterocycles. The molecule has 0 aliphatic rings. The minimum Gasteiger partial charge on any atom is -0.457 e. The van der Waals surface area contributed by atoms with Gasteiger partial charge in [-0.05, 0) is 36.6 Å². The van der Waals surface area contributed by atoms with Gasteiger partial charge in [-0.3, -0.25) is 9.11 Å². The number of para-hydroxylation sites is 1. The Balaban J connectivity index is 2.13. The van der Waals surface area contributed by atoms with Gasteiger partial charge < -0.3 is 4.74 Å². The van der Waals surface area contributed by atoms with Crippen molar-refractivity contribution in [2.24, 2.45) is 0 Å². The van der Waals surface area contributed by atoms with Crippen molar-refractivity contribution in [3.8, 4) is 11.5 Å². The molecule has 7 nitrogen and oxygen atoms in total. The van der Waals surface area contributed by atoms with Gasteiger partial charge in [-0.1, -0.05) is 82.9 Å². The first kappa shape index (κ1) is 27.3. The lowest BCUT2D eigenvalue weighted by Crippen LogP contribution is -2.12. The molecular weight excluding hydrogens is 464 g/mol. The van der Waals surface area contributed by atoms with E-state index in [1.165, 1.54) is 38.2 Å². The molecule has 2 N–H and O–H groups in total. The predicted molar refractivity (Wildman–Crippen MR) is 128 cm³/mol. The summed E-state index contributed by atoms with van der Waals surface area (Å²) < 4.78 is 72.9. The van der Waals surface area contributed by atoms with Gasteiger partial charge in [0.1, 0.15) is 21.3 Å². The molecule has 184 valence electrons. The van der Waals surface area contributed by atoms with Crippen molar-refractivity contribution < 1.29 is 30.7 Å². The van der Waals surface area contributed by atoms with Gasteiger partial charge in [0.05, 0.1) is 0 Å². The Kier molecular flexibility index (Phi) is 10.8. The predicted octanol–water partition coefficient (Wildman–Crippen LogP) is 6.44. The molecule has 0 amide bonds. The number of rotatable bonds is 15. The van der Waals surface area contributed by atoms with E-state index in [1.807, 2.05) is 0 Å². The summed E-state index contributed by atoms with van der Waals surface area (Å²) >= 11 is 0. The fourth-order valence-corrected chi connectivity index (χ4v) is 5.86. The maximum atomic E-state index is 12.0. The van der Waals surface area contributed by atoms with E-state index in [1.54, 1.807) is 30.3 Å². The molecule has 0 saturated carbocycles. The van der Waals surface area contributed by atoms with Crippen LogP contribution in [0.15, 0.2) is 52.3 Å². The number of aryl methyl sites for hydroxylation is 1. The summed E-state index contributed by atoms with van der Waals surface area (Å²) in [5, 5.41) is 0. The molecule has 2 rings (SSSR count). The summed E-state index contributed by atoms with van der Waals surface area (Å²) in [5.41, 5.74) is 0.0955. The Morgan fingerprint density at radius 1 is 0.697 bits per heavy atom. The van der Waals surface area contributed by atoms with Gasteiger partial charge in [0.2, 0.25) is 0 Å². The standard InChI is InChI=1S/C24H34O7S2/c1-2-3-4-5-6-7-8-9-10-12-15-20-18-22(31-21-16-13-11-14-17-21)19-23(32(25,26)27)24(20)33(28,29)30/h11,13-14,16-19H,2-10,12,15H2,1H3,(H,25,26,27)(H,28,29,30). The topological polar surface area (TPSA) is 118 Å². The number of unbranched alkanes of at least 4 members (excludes halogenated alkanes) is 9. The second-order valence-electron chi connectivity index (χ2n) is 8.21. The Bertz CT molecular complexity index is 1080. The molecule has 2 aromatic carbocycles. The van der Waals surface area contributed by atoms with Gasteiger partial charge in [-0.2, -0.15) is 16.8 Å². The zero-order chi connectivity index (χ0) is 24.3. The molecule has 0 bridgehead atoms. The monoisotopic (exact) mass is 498 g/mol. The number of hydrogen-bond donors (Lipinski definition) is 2. The van der Waals surface area contributed by atoms with E-state index in [2.05, 4.69) is 6.92 Å². The highest BCUT2D eigenvalue weighted by atomic mass is 32.2. The van der Waals surface area contributed by atoms with Crippen molar-refractivity contribution >= 4 is 20.2 Å². The third kappa shape index (κ3) is 9.44. The van der Waals surface area contributed by atoms with Gasteiger partial charge in [0.25, 0.3) is 20.2 Å². The van der Waals surface area contributed by atoms with E-state index in [4.69, 9.17) is 4.74 Å². The normalized spacial score (nSPS) is 12.1. The summed E-state index contributed by atoms with van der Waals surface area (Å²) in [6, 6.07) is 10.9. The van der Waals surface area contributed by atoms with E-state index in [-0.39, 0.29) is 17.7 Å². The Morgan fingerprint density at radius 2 is 1.24 bits per heavy atom. The minimum absolute atomic E-state index is 0.0586. The van der Waals surface area contributed by atoms with Gasteiger partial charge in [-0.15, -0.1) is 0 Å². The molecule has 0 radical (unpaired) electrons. The lowest BCUT2D eigenvalue weighted by Gasteiger charge is -2.14. The molecule has 0 saturated heterocycles. The molecule has 0 atom stereocenters. The number of ether oxygens (including phenoxy) is 1. The van der Waals surface area contributed by atoms with Crippen molar-refractivity contribution in [2.45, 2.75) is 87.3 Å². The molecule has 0 fully saturated rings. The van der Waals surface area contributed by atoms with Crippen LogP contribution in [-0.4, -0.2) is 25.9 Å². The first-order valence-corrected chi connectivity index (χ1v) is 14.4. The molecule has 0 unspecified atom stereocenters. The van der Waals surface area contributed by atoms with Crippen LogP contribution in [0.2, 0.25) is 0 Å². The third-order valence-electron chi connectivity index (χ3n) is 5.42. The van der Waals surface area contributed by atoms with Gasteiger partial charge in [-0.25, -0.2) is 0 Å². The van der Waals surface area contributed by atoms with Gasteiger partial charge in [0.15, 0.2) is 0 Å². The van der Waals surface area contributed by atoms with E-state index in [0.717, 1.165) is 31.7 Å². The van der Waals surface area contributed by atoms with Crippen LogP contribution >= 0.6 is 0 Å². The van der Waals surface area contributed by atoms with Crippen LogP contribution in [-0.2, 0) is 26.7 Å². The Labute approximate surface area is 197 Å². The van der Waals surface area contributed by atoms with Crippen LogP contribution in [0.1, 0.15) is 76.7 Å². The van der Waals surface area contributed by atoms with Crippen LogP contribution in [0.5, 0.6) is 11.5 Å². The smallest absolute Gasteiger partial charge is 0.296 e. The number of benzene rings is 2. The summed E-state index contributed by atoms with van der Waals surface area (Å²) in [7, 11) is -9.82. The summed E-state index contributed by atoms with van der Waals surface area (Å²) in [6.07, 6.45) is 11.1. The molecule has 0 aliphatic carbocycles. The molecular formula is C24H34O7S2. The molecule has 9 heteroatoms. The minimum atomic E-state index is -4.93. The fraction of sp³-hybridized carbons (Fsp3) is 0.500. The number of hydrogen-bond acceptors (Lipinski definition) is 5. The second-order valence-corrected chi connectivity index (χ2v) is 11.0. The van der Waals surface area contributed by atoms with Crippen molar-refractivity contribution in [1.29, 1.82) is 0 Å². The van der Waals surface area contributed by atoms with Gasteiger partial charge >= 0.3 is 0 Å². The lowest BCUT2D eigenvalue weighted by molar-refractivity contribution is 0.456. The van der Waals surface area contributed by atoms with E-state index >= 15 is 0 Å². The average molecular weight is 499 g/mol. The second kappa shape index (κ2) is 13.1. The highest BCUT2D eigenvalue weighted by molar-refractivity contribution is 7.89. The SMILES string of the molecule is CCCCCCCCCCCCc1cc(Oc2ccccc2)cc(S(=O)(=O)O)c1S(=O)(=O)O. The summed E-state index contributed by atoms with van der Waals surface area (Å²) in [6.45, 7) is 2.19. The van der Waals surface area contributed by atoms with Crippen LogP contribution in [0.4, 0.5) is 0 Å². The van der Waals surface area contributed by atoms with Crippen molar-refractivity contribution in [2.75, 3.05) is 0 Å². The lowest BCUT2D eigenvalue weighted by atomic mass is 10.0. The maximum absolute atomic E-state index is 12.0. The summed E-state index contributed by atoms with van der Waals surface area (Å²) in [5.74, 6) is 0.478. The van der Waals surface area contributed by atoms with Crippen LogP contribution in [0.3, 0.4) is 0 Å². The molecule has 33 heavy (non-hydrogen) atoms. The first-order valence-electron chi connectivity index (χ1n) is 11.5. The largest absolute Gasteiger partial charge is 0.457 e. The molecule has 0 aromatic heterocycles. The maximum Gasteiger partial charge on any atom is 0.296 e. The highest BCUT2D eigenvalue weighted by Crippen LogP contribution is 2.33. The summed E-state index contributed by atoms with van der Waals surface area (Å²) in [4.78, 5) is -1.68. The zero-order valence-corrected chi connectivity index (χ0v) is 20.7. The van der Waals surface area contributed by atoms with E-state index in [9.17, 15) is 25.9 Å². The first-order chi connectivity index (χ1) is 15.6. The van der Waals surface area contributed by atoms with E-state index < -0.39 is 30.0 Å². The van der Waals surface area contributed by atoms with Crippen LogP contribution in [0.25, 0.3) is 0 Å². The quantitative estimate of drug-likeness (QED) is 0.214. The average Bonchev–Trinajstić information content (AvgIpc) is 2.74. The molecule has 0 spiro atoms. The Morgan fingerprint density at radius 3 is 1.76 bits per heavy atom.